The number of aryl methyl sites for hydroxylation is 3. The Balaban J connectivity index is 3.29. The van der Waals surface area contributed by atoms with Crippen LogP contribution in [0.3, 0.4) is 0 Å². The molecule has 0 spiro atoms. The maximum atomic E-state index is 5.76. The summed E-state index contributed by atoms with van der Waals surface area (Å²) in [6.45, 7) is 10.8. The maximum absolute atomic E-state index is 5.76. The average molecular weight is 249 g/mol. The number of nitrogens with one attached hydrogen (secondary N) is 1. The Morgan fingerprint density at radius 3 is 2.17 bits per heavy atom. The van der Waals surface area contributed by atoms with Gasteiger partial charge in [-0.3, -0.25) is 0 Å². The first-order valence-corrected chi connectivity index (χ1v) is 6.69. The minimum Gasteiger partial charge on any atom is -0.377 e. The predicted octanol–water partition coefficient (Wildman–Crippen LogP) is 3.69. The van der Waals surface area contributed by atoms with Gasteiger partial charge < -0.3 is 10.1 Å². The molecule has 1 N–H and O–H groups in total. The summed E-state index contributed by atoms with van der Waals surface area (Å²) in [6.07, 6.45) is 0.974. The van der Waals surface area contributed by atoms with Crippen molar-refractivity contribution in [3.63, 3.8) is 0 Å². The molecule has 18 heavy (non-hydrogen) atoms. The lowest BCUT2D eigenvalue weighted by molar-refractivity contribution is -0.0282. The van der Waals surface area contributed by atoms with Gasteiger partial charge in [-0.15, -0.1) is 0 Å². The van der Waals surface area contributed by atoms with Crippen LogP contribution >= 0.6 is 0 Å². The van der Waals surface area contributed by atoms with Crippen molar-refractivity contribution in [2.24, 2.45) is 0 Å². The number of hydrogen-bond donors (Lipinski definition) is 1. The van der Waals surface area contributed by atoms with Crippen LogP contribution in [0.5, 0.6) is 0 Å². The van der Waals surface area contributed by atoms with Crippen molar-refractivity contribution in [3.05, 3.63) is 34.4 Å². The number of methoxy groups -OCH3 is 1. The van der Waals surface area contributed by atoms with Crippen molar-refractivity contribution in [2.75, 3.05) is 14.2 Å². The lowest BCUT2D eigenvalue weighted by atomic mass is 9.84. The molecule has 0 aromatic heterocycles. The highest BCUT2D eigenvalue weighted by atomic mass is 16.5. The SMILES string of the molecule is CCC(C)(OC)C(NC)c1cc(C)c(C)cc1C. The summed E-state index contributed by atoms with van der Waals surface area (Å²) in [6, 6.07) is 4.77. The van der Waals surface area contributed by atoms with Crippen LogP contribution in [0.15, 0.2) is 12.1 Å². The van der Waals surface area contributed by atoms with E-state index in [9.17, 15) is 0 Å². The zero-order chi connectivity index (χ0) is 13.9. The highest BCUT2D eigenvalue weighted by Gasteiger charge is 2.33. The van der Waals surface area contributed by atoms with E-state index in [1.54, 1.807) is 7.11 Å². The minimum absolute atomic E-state index is 0.179. The van der Waals surface area contributed by atoms with Crippen molar-refractivity contribution < 1.29 is 4.74 Å². The second-order valence-electron chi connectivity index (χ2n) is 5.39. The fourth-order valence-electron chi connectivity index (χ4n) is 2.55. The van der Waals surface area contributed by atoms with E-state index in [2.05, 4.69) is 52.1 Å². The molecule has 2 heteroatoms. The Morgan fingerprint density at radius 2 is 1.72 bits per heavy atom. The van der Waals surface area contributed by atoms with Gasteiger partial charge in [0.25, 0.3) is 0 Å². The largest absolute Gasteiger partial charge is 0.377 e. The number of rotatable bonds is 5. The summed E-state index contributed by atoms with van der Waals surface area (Å²) in [4.78, 5) is 0. The zero-order valence-electron chi connectivity index (χ0n) is 12.8. The van der Waals surface area contributed by atoms with Gasteiger partial charge in [-0.05, 0) is 63.4 Å². The van der Waals surface area contributed by atoms with E-state index in [0.29, 0.717) is 0 Å². The zero-order valence-corrected chi connectivity index (χ0v) is 12.8. The minimum atomic E-state index is -0.179. The molecular weight excluding hydrogens is 222 g/mol. The second kappa shape index (κ2) is 5.85. The summed E-state index contributed by atoms with van der Waals surface area (Å²) in [5.41, 5.74) is 5.18. The highest BCUT2D eigenvalue weighted by molar-refractivity contribution is 5.39. The van der Waals surface area contributed by atoms with Gasteiger partial charge in [0.1, 0.15) is 0 Å². The molecule has 0 aliphatic heterocycles. The number of hydrogen-bond acceptors (Lipinski definition) is 2. The first-order chi connectivity index (χ1) is 8.39. The van der Waals surface area contributed by atoms with Gasteiger partial charge in [0.05, 0.1) is 11.6 Å². The molecule has 1 rings (SSSR count). The molecule has 2 unspecified atom stereocenters. The molecule has 0 saturated carbocycles. The van der Waals surface area contributed by atoms with E-state index < -0.39 is 0 Å². The van der Waals surface area contributed by atoms with Crippen LogP contribution in [0.1, 0.15) is 48.6 Å². The normalized spacial score (nSPS) is 16.4. The van der Waals surface area contributed by atoms with Crippen LogP contribution < -0.4 is 5.32 Å². The second-order valence-corrected chi connectivity index (χ2v) is 5.39. The first kappa shape index (κ1) is 15.2. The highest BCUT2D eigenvalue weighted by Crippen LogP contribution is 2.34. The first-order valence-electron chi connectivity index (χ1n) is 6.69. The molecule has 2 nitrogen and oxygen atoms in total. The third-order valence-electron chi connectivity index (χ3n) is 4.26. The van der Waals surface area contributed by atoms with Crippen molar-refractivity contribution >= 4 is 0 Å². The van der Waals surface area contributed by atoms with Crippen LogP contribution in [-0.2, 0) is 4.74 Å². The van der Waals surface area contributed by atoms with Crippen LogP contribution in [0.25, 0.3) is 0 Å². The van der Waals surface area contributed by atoms with Gasteiger partial charge in [0.2, 0.25) is 0 Å². The molecule has 0 heterocycles. The molecule has 0 radical (unpaired) electrons. The van der Waals surface area contributed by atoms with E-state index >= 15 is 0 Å². The van der Waals surface area contributed by atoms with Gasteiger partial charge in [-0.2, -0.15) is 0 Å². The topological polar surface area (TPSA) is 21.3 Å². The number of benzene rings is 1. The van der Waals surface area contributed by atoms with Crippen molar-refractivity contribution in [2.45, 2.75) is 52.7 Å². The predicted molar refractivity (Wildman–Crippen MR) is 78.2 cm³/mol. The summed E-state index contributed by atoms with van der Waals surface area (Å²) >= 11 is 0. The molecular formula is C16H27NO. The maximum Gasteiger partial charge on any atom is 0.0841 e. The Morgan fingerprint density at radius 1 is 1.17 bits per heavy atom. The molecule has 0 saturated heterocycles. The van der Waals surface area contributed by atoms with Crippen LogP contribution in [-0.4, -0.2) is 19.8 Å². The average Bonchev–Trinajstić information content (AvgIpc) is 2.35. The summed E-state index contributed by atoms with van der Waals surface area (Å²) in [7, 11) is 3.80. The lowest BCUT2D eigenvalue weighted by Gasteiger charge is -2.37. The molecule has 0 fully saturated rings. The van der Waals surface area contributed by atoms with Gasteiger partial charge in [0, 0.05) is 7.11 Å². The molecule has 1 aromatic rings. The Bertz CT molecular complexity index is 408. The summed E-state index contributed by atoms with van der Waals surface area (Å²) < 4.78 is 5.76. The van der Waals surface area contributed by atoms with E-state index in [-0.39, 0.29) is 11.6 Å². The molecule has 102 valence electrons. The molecule has 0 aliphatic carbocycles. The molecule has 0 bridgehead atoms. The van der Waals surface area contributed by atoms with Gasteiger partial charge >= 0.3 is 0 Å². The Hall–Kier alpha value is -0.860. The van der Waals surface area contributed by atoms with Gasteiger partial charge in [-0.25, -0.2) is 0 Å². The van der Waals surface area contributed by atoms with Gasteiger partial charge in [0.15, 0.2) is 0 Å². The van der Waals surface area contributed by atoms with Gasteiger partial charge in [-0.1, -0.05) is 19.1 Å². The van der Waals surface area contributed by atoms with Crippen LogP contribution in [0, 0.1) is 20.8 Å². The van der Waals surface area contributed by atoms with E-state index in [1.165, 1.54) is 22.3 Å². The van der Waals surface area contributed by atoms with Crippen molar-refractivity contribution in [1.82, 2.24) is 5.32 Å². The monoisotopic (exact) mass is 249 g/mol. The molecule has 0 amide bonds. The van der Waals surface area contributed by atoms with Crippen molar-refractivity contribution in [3.8, 4) is 0 Å². The summed E-state index contributed by atoms with van der Waals surface area (Å²) in [5.74, 6) is 0. The fraction of sp³-hybridized carbons (Fsp3) is 0.625. The Kier molecular flexibility index (Phi) is 4.94. The molecule has 0 aliphatic rings. The quantitative estimate of drug-likeness (QED) is 0.859. The number of ether oxygens (including phenoxy) is 1. The van der Waals surface area contributed by atoms with E-state index in [0.717, 1.165) is 6.42 Å². The van der Waals surface area contributed by atoms with E-state index in [1.807, 2.05) is 7.05 Å². The summed E-state index contributed by atoms with van der Waals surface area (Å²) in [5, 5.41) is 3.42. The smallest absolute Gasteiger partial charge is 0.0841 e. The third kappa shape index (κ3) is 2.76. The van der Waals surface area contributed by atoms with Crippen LogP contribution in [0.4, 0.5) is 0 Å². The van der Waals surface area contributed by atoms with Crippen LogP contribution in [0.2, 0.25) is 0 Å². The lowest BCUT2D eigenvalue weighted by Crippen LogP contribution is -2.41. The molecule has 2 atom stereocenters. The van der Waals surface area contributed by atoms with Crippen molar-refractivity contribution in [1.29, 1.82) is 0 Å². The number of likely N-dealkylation sites (N-methyl/N-ethyl adjacent to an activating group) is 1. The fourth-order valence-corrected chi connectivity index (χ4v) is 2.55. The molecule has 1 aromatic carbocycles. The Labute approximate surface area is 112 Å². The third-order valence-corrected chi connectivity index (χ3v) is 4.26. The standard InChI is InChI=1S/C16H27NO/c1-8-16(5,18-7)15(17-6)14-10-12(3)11(2)9-13(14)4/h9-10,15,17H,8H2,1-7H3. The van der Waals surface area contributed by atoms with E-state index in [4.69, 9.17) is 4.74 Å².